The van der Waals surface area contributed by atoms with E-state index in [9.17, 15) is 8.42 Å². The molecule has 0 saturated carbocycles. The molecule has 1 aromatic carbocycles. The molecule has 0 aliphatic carbocycles. The van der Waals surface area contributed by atoms with E-state index in [1.54, 1.807) is 0 Å². The highest BCUT2D eigenvalue weighted by Gasteiger charge is 2.22. The normalized spacial score (nSPS) is 19.9. The smallest absolute Gasteiger partial charge is 0.150 e. The van der Waals surface area contributed by atoms with Crippen LogP contribution in [0.3, 0.4) is 0 Å². The molecule has 1 aliphatic heterocycles. The van der Waals surface area contributed by atoms with Crippen LogP contribution in [-0.2, 0) is 16.4 Å². The van der Waals surface area contributed by atoms with Gasteiger partial charge in [0.2, 0.25) is 0 Å². The van der Waals surface area contributed by atoms with Crippen molar-refractivity contribution in [2.45, 2.75) is 25.4 Å². The summed E-state index contributed by atoms with van der Waals surface area (Å²) in [7, 11) is -2.76. The highest BCUT2D eigenvalue weighted by molar-refractivity contribution is 9.13. The van der Waals surface area contributed by atoms with Gasteiger partial charge in [-0.15, -0.1) is 0 Å². The molecule has 1 fully saturated rings. The van der Waals surface area contributed by atoms with Crippen LogP contribution >= 0.6 is 31.9 Å². The summed E-state index contributed by atoms with van der Waals surface area (Å²) in [5.41, 5.74) is 1.19. The molecule has 6 heteroatoms. The topological polar surface area (TPSA) is 46.2 Å². The molecule has 0 unspecified atom stereocenters. The lowest BCUT2D eigenvalue weighted by molar-refractivity contribution is 0.463. The summed E-state index contributed by atoms with van der Waals surface area (Å²) < 4.78 is 24.7. The van der Waals surface area contributed by atoms with Gasteiger partial charge >= 0.3 is 0 Å². The Morgan fingerprint density at radius 1 is 1.17 bits per heavy atom. The van der Waals surface area contributed by atoms with Crippen molar-refractivity contribution < 1.29 is 8.42 Å². The summed E-state index contributed by atoms with van der Waals surface area (Å²) in [6.45, 7) is 0.774. The number of rotatable bonds is 3. The summed E-state index contributed by atoms with van der Waals surface area (Å²) in [4.78, 5) is 0. The van der Waals surface area contributed by atoms with Crippen molar-refractivity contribution in [3.63, 3.8) is 0 Å². The van der Waals surface area contributed by atoms with E-state index in [-0.39, 0.29) is 0 Å². The molecule has 0 spiro atoms. The molecule has 18 heavy (non-hydrogen) atoms. The minimum atomic E-state index is -2.76. The average molecular weight is 397 g/mol. The van der Waals surface area contributed by atoms with E-state index < -0.39 is 9.84 Å². The van der Waals surface area contributed by atoms with Crippen LogP contribution in [0, 0.1) is 0 Å². The third-order valence-corrected chi connectivity index (χ3v) is 6.73. The standard InChI is InChI=1S/C12H15Br2NO2S/c13-11-2-1-9(7-12(11)14)8-15-10-3-5-18(16,17)6-4-10/h1-2,7,10,15H,3-6,8H2. The fraction of sp³-hybridized carbons (Fsp3) is 0.500. The predicted molar refractivity (Wildman–Crippen MR) is 80.4 cm³/mol. The minimum Gasteiger partial charge on any atom is -0.310 e. The molecule has 1 aliphatic rings. The van der Waals surface area contributed by atoms with Gasteiger partial charge in [0, 0.05) is 21.5 Å². The Balaban J connectivity index is 1.87. The summed E-state index contributed by atoms with van der Waals surface area (Å²) in [5, 5.41) is 3.42. The van der Waals surface area contributed by atoms with Crippen LogP contribution in [0.4, 0.5) is 0 Å². The van der Waals surface area contributed by atoms with Gasteiger partial charge in [-0.05, 0) is 62.4 Å². The Morgan fingerprint density at radius 3 is 2.44 bits per heavy atom. The zero-order valence-corrected chi connectivity index (χ0v) is 13.8. The Labute approximate surface area is 125 Å². The number of nitrogens with one attached hydrogen (secondary N) is 1. The Morgan fingerprint density at radius 2 is 1.83 bits per heavy atom. The van der Waals surface area contributed by atoms with Crippen molar-refractivity contribution in [2.75, 3.05) is 11.5 Å². The monoisotopic (exact) mass is 395 g/mol. The first kappa shape index (κ1) is 14.5. The minimum absolute atomic E-state index is 0.314. The fourth-order valence-electron chi connectivity index (χ4n) is 2.01. The Hall–Kier alpha value is 0.0900. The molecular weight excluding hydrogens is 382 g/mol. The van der Waals surface area contributed by atoms with Gasteiger partial charge in [-0.25, -0.2) is 8.42 Å². The number of halogens is 2. The second-order valence-electron chi connectivity index (χ2n) is 4.56. The molecule has 0 bridgehead atoms. The van der Waals surface area contributed by atoms with E-state index in [1.807, 2.05) is 6.07 Å². The first-order valence-corrected chi connectivity index (χ1v) is 9.25. The second kappa shape index (κ2) is 6.03. The van der Waals surface area contributed by atoms with E-state index in [2.05, 4.69) is 49.3 Å². The summed E-state index contributed by atoms with van der Waals surface area (Å²) in [6, 6.07) is 6.45. The number of sulfone groups is 1. The maximum absolute atomic E-state index is 11.3. The van der Waals surface area contributed by atoms with Gasteiger partial charge in [0.05, 0.1) is 11.5 Å². The van der Waals surface area contributed by atoms with Crippen LogP contribution in [0.15, 0.2) is 27.1 Å². The van der Waals surface area contributed by atoms with E-state index in [0.29, 0.717) is 17.5 Å². The summed E-state index contributed by atoms with van der Waals surface area (Å²) in [6.07, 6.45) is 1.44. The molecule has 1 heterocycles. The number of hydrogen-bond acceptors (Lipinski definition) is 3. The van der Waals surface area contributed by atoms with Crippen molar-refractivity contribution >= 4 is 41.7 Å². The molecule has 0 atom stereocenters. The van der Waals surface area contributed by atoms with Crippen molar-refractivity contribution in [1.82, 2.24) is 5.32 Å². The molecule has 2 rings (SSSR count). The Bertz CT molecular complexity index is 517. The third-order valence-electron chi connectivity index (χ3n) is 3.13. The predicted octanol–water partition coefficient (Wildman–Crippen LogP) is 2.88. The molecular formula is C12H15Br2NO2S. The molecule has 0 aromatic heterocycles. The molecule has 0 amide bonds. The van der Waals surface area contributed by atoms with E-state index in [0.717, 1.165) is 28.3 Å². The molecule has 3 nitrogen and oxygen atoms in total. The maximum Gasteiger partial charge on any atom is 0.150 e. The first-order chi connectivity index (χ1) is 8.46. The van der Waals surface area contributed by atoms with Gasteiger partial charge in [-0.2, -0.15) is 0 Å². The van der Waals surface area contributed by atoms with Gasteiger partial charge in [0.15, 0.2) is 0 Å². The van der Waals surface area contributed by atoms with E-state index in [4.69, 9.17) is 0 Å². The van der Waals surface area contributed by atoms with Gasteiger partial charge < -0.3 is 5.32 Å². The maximum atomic E-state index is 11.3. The van der Waals surface area contributed by atoms with Crippen LogP contribution in [0.25, 0.3) is 0 Å². The van der Waals surface area contributed by atoms with Gasteiger partial charge in [-0.3, -0.25) is 0 Å². The number of benzene rings is 1. The molecule has 1 saturated heterocycles. The molecule has 1 N–H and O–H groups in total. The van der Waals surface area contributed by atoms with Crippen LogP contribution < -0.4 is 5.32 Å². The molecule has 1 aromatic rings. The highest BCUT2D eigenvalue weighted by atomic mass is 79.9. The van der Waals surface area contributed by atoms with Crippen molar-refractivity contribution in [3.05, 3.63) is 32.7 Å². The van der Waals surface area contributed by atoms with Crippen molar-refractivity contribution in [2.24, 2.45) is 0 Å². The summed E-state index contributed by atoms with van der Waals surface area (Å²) >= 11 is 6.91. The van der Waals surface area contributed by atoms with Gasteiger partial charge in [-0.1, -0.05) is 6.07 Å². The third kappa shape index (κ3) is 4.05. The molecule has 100 valence electrons. The van der Waals surface area contributed by atoms with Gasteiger partial charge in [0.25, 0.3) is 0 Å². The fourth-order valence-corrected chi connectivity index (χ4v) is 4.17. The Kier molecular flexibility index (Phi) is 4.86. The van der Waals surface area contributed by atoms with E-state index in [1.165, 1.54) is 5.56 Å². The zero-order valence-electron chi connectivity index (χ0n) is 9.83. The lowest BCUT2D eigenvalue weighted by Gasteiger charge is -2.23. The second-order valence-corrected chi connectivity index (χ2v) is 8.57. The zero-order chi connectivity index (χ0) is 13.2. The molecule has 0 radical (unpaired) electrons. The lowest BCUT2D eigenvalue weighted by Crippen LogP contribution is -2.37. The van der Waals surface area contributed by atoms with Crippen molar-refractivity contribution in [3.8, 4) is 0 Å². The van der Waals surface area contributed by atoms with Crippen LogP contribution in [0.5, 0.6) is 0 Å². The van der Waals surface area contributed by atoms with E-state index >= 15 is 0 Å². The van der Waals surface area contributed by atoms with Crippen LogP contribution in [0.1, 0.15) is 18.4 Å². The average Bonchev–Trinajstić information content (AvgIpc) is 2.32. The quantitative estimate of drug-likeness (QED) is 0.854. The van der Waals surface area contributed by atoms with Crippen LogP contribution in [0.2, 0.25) is 0 Å². The first-order valence-electron chi connectivity index (χ1n) is 5.84. The summed E-state index contributed by atoms with van der Waals surface area (Å²) in [5.74, 6) is 0.628. The largest absolute Gasteiger partial charge is 0.310 e. The number of hydrogen-bond donors (Lipinski definition) is 1. The van der Waals surface area contributed by atoms with Crippen molar-refractivity contribution in [1.29, 1.82) is 0 Å². The van der Waals surface area contributed by atoms with Crippen LogP contribution in [-0.4, -0.2) is 26.0 Å². The lowest BCUT2D eigenvalue weighted by atomic mass is 10.1. The van der Waals surface area contributed by atoms with Gasteiger partial charge in [0.1, 0.15) is 9.84 Å². The highest BCUT2D eigenvalue weighted by Crippen LogP contribution is 2.24. The SMILES string of the molecule is O=S1(=O)CCC(NCc2ccc(Br)c(Br)c2)CC1.